The lowest BCUT2D eigenvalue weighted by Gasteiger charge is -2.27. The lowest BCUT2D eigenvalue weighted by Crippen LogP contribution is -2.36. The van der Waals surface area contributed by atoms with Gasteiger partial charge in [-0.2, -0.15) is 0 Å². The molecule has 0 aliphatic heterocycles. The van der Waals surface area contributed by atoms with Crippen molar-refractivity contribution in [2.24, 2.45) is 0 Å². The summed E-state index contributed by atoms with van der Waals surface area (Å²) in [4.78, 5) is 26.4. The fourth-order valence-electron chi connectivity index (χ4n) is 4.74. The fourth-order valence-corrected chi connectivity index (χ4v) is 4.97. The maximum atomic E-state index is 13.4. The number of ether oxygens (including phenoxy) is 1. The first-order chi connectivity index (χ1) is 16.0. The number of fused-ring (bicyclic) bond motifs is 1. The lowest BCUT2D eigenvalue weighted by molar-refractivity contribution is 0.0924. The third kappa shape index (κ3) is 5.05. The van der Waals surface area contributed by atoms with Crippen LogP contribution >= 0.6 is 11.6 Å². The molecule has 6 heteroatoms. The van der Waals surface area contributed by atoms with Crippen LogP contribution in [0.25, 0.3) is 0 Å². The molecule has 2 aromatic carbocycles. The molecule has 0 unspecified atom stereocenters. The first kappa shape index (κ1) is 23.3. The average Bonchev–Trinajstić information content (AvgIpc) is 2.80. The number of halogens is 1. The maximum Gasteiger partial charge on any atom is 0.257 e. The molecule has 1 aliphatic carbocycles. The van der Waals surface area contributed by atoms with Crippen molar-refractivity contribution < 1.29 is 9.53 Å². The van der Waals surface area contributed by atoms with Gasteiger partial charge < -0.3 is 14.6 Å². The van der Waals surface area contributed by atoms with E-state index in [-0.39, 0.29) is 29.5 Å². The summed E-state index contributed by atoms with van der Waals surface area (Å²) in [6, 6.07) is 17.3. The highest BCUT2D eigenvalue weighted by atomic mass is 35.5. The van der Waals surface area contributed by atoms with Gasteiger partial charge in [-0.05, 0) is 55.4 Å². The van der Waals surface area contributed by atoms with E-state index in [1.54, 1.807) is 7.11 Å². The van der Waals surface area contributed by atoms with Gasteiger partial charge >= 0.3 is 0 Å². The zero-order valence-electron chi connectivity index (χ0n) is 19.1. The second-order valence-electron chi connectivity index (χ2n) is 8.51. The Balaban J connectivity index is 1.66. The normalized spacial score (nSPS) is 15.2. The third-order valence-corrected chi connectivity index (χ3v) is 6.74. The zero-order valence-corrected chi connectivity index (χ0v) is 19.8. The predicted octanol–water partition coefficient (Wildman–Crippen LogP) is 5.01. The van der Waals surface area contributed by atoms with Crippen LogP contribution in [0.2, 0.25) is 5.02 Å². The molecular formula is C27H29ClN2O3. The smallest absolute Gasteiger partial charge is 0.257 e. The molecule has 0 saturated carbocycles. The molecule has 0 saturated heterocycles. The topological polar surface area (TPSA) is 60.3 Å². The van der Waals surface area contributed by atoms with Crippen molar-refractivity contribution in [3.8, 4) is 0 Å². The van der Waals surface area contributed by atoms with Crippen molar-refractivity contribution in [3.63, 3.8) is 0 Å². The molecule has 1 aromatic heterocycles. The van der Waals surface area contributed by atoms with Gasteiger partial charge in [0.2, 0.25) is 0 Å². The molecule has 0 fully saturated rings. The van der Waals surface area contributed by atoms with Crippen molar-refractivity contribution in [3.05, 3.63) is 103 Å². The van der Waals surface area contributed by atoms with Gasteiger partial charge in [0.15, 0.2) is 5.43 Å². The molecule has 172 valence electrons. The number of carbonyl (C=O) groups is 1. The highest BCUT2D eigenvalue weighted by Crippen LogP contribution is 2.29. The van der Waals surface area contributed by atoms with Gasteiger partial charge in [-0.1, -0.05) is 54.1 Å². The van der Waals surface area contributed by atoms with Crippen LogP contribution in [-0.4, -0.2) is 17.6 Å². The number of amides is 1. The van der Waals surface area contributed by atoms with E-state index in [1.165, 1.54) is 11.6 Å². The van der Waals surface area contributed by atoms with Gasteiger partial charge in [0.05, 0.1) is 18.3 Å². The van der Waals surface area contributed by atoms with Crippen LogP contribution in [0.3, 0.4) is 0 Å². The first-order valence-electron chi connectivity index (χ1n) is 11.3. The summed E-state index contributed by atoms with van der Waals surface area (Å²) in [7, 11) is 1.57. The number of hydrogen-bond acceptors (Lipinski definition) is 3. The van der Waals surface area contributed by atoms with Gasteiger partial charge in [0, 0.05) is 30.4 Å². The zero-order chi connectivity index (χ0) is 23.4. The summed E-state index contributed by atoms with van der Waals surface area (Å²) in [5, 5.41) is 3.84. The molecule has 0 spiro atoms. The summed E-state index contributed by atoms with van der Waals surface area (Å²) in [6.07, 6.45) is 3.55. The minimum atomic E-state index is -0.347. The summed E-state index contributed by atoms with van der Waals surface area (Å²) in [5.74, 6) is -0.347. The number of carbonyl (C=O) groups excluding carboxylic acids is 1. The van der Waals surface area contributed by atoms with E-state index in [0.29, 0.717) is 23.7 Å². The number of nitrogens with zero attached hydrogens (tertiary/aromatic N) is 1. The van der Waals surface area contributed by atoms with E-state index < -0.39 is 0 Å². The fraction of sp³-hybridized carbons (Fsp3) is 0.333. The van der Waals surface area contributed by atoms with Gasteiger partial charge in [-0.3, -0.25) is 9.59 Å². The molecule has 3 aromatic rings. The Morgan fingerprint density at radius 1 is 1.18 bits per heavy atom. The quantitative estimate of drug-likeness (QED) is 0.534. The molecular weight excluding hydrogens is 436 g/mol. The highest BCUT2D eigenvalue weighted by molar-refractivity contribution is 6.31. The Labute approximate surface area is 199 Å². The SMILES string of the molecule is COCc1c(C(=O)N[C@H]2CCCc3ccccc32)c(=O)cc(C)n1CCc1ccccc1Cl. The van der Waals surface area contributed by atoms with Crippen LogP contribution in [0.1, 0.15) is 57.3 Å². The summed E-state index contributed by atoms with van der Waals surface area (Å²) >= 11 is 6.34. The third-order valence-electron chi connectivity index (χ3n) is 6.37. The standard InChI is InChI=1S/C27H29ClN2O3/c1-18-16-25(31)26(27(32)29-23-13-7-10-19-8-3-5-11-21(19)23)24(17-33-2)30(18)15-14-20-9-4-6-12-22(20)28/h3-6,8-9,11-12,16,23H,7,10,13-15,17H2,1-2H3,(H,29,32)/t23-/m0/s1. The van der Waals surface area contributed by atoms with Crippen molar-refractivity contribution in [2.75, 3.05) is 7.11 Å². The van der Waals surface area contributed by atoms with E-state index in [4.69, 9.17) is 16.3 Å². The van der Waals surface area contributed by atoms with Crippen LogP contribution in [0.15, 0.2) is 59.4 Å². The molecule has 1 heterocycles. The van der Waals surface area contributed by atoms with Crippen molar-refractivity contribution >= 4 is 17.5 Å². The van der Waals surface area contributed by atoms with Crippen LogP contribution in [0.5, 0.6) is 0 Å². The van der Waals surface area contributed by atoms with Gasteiger partial charge in [-0.15, -0.1) is 0 Å². The van der Waals surface area contributed by atoms with Crippen molar-refractivity contribution in [1.29, 1.82) is 0 Å². The number of pyridine rings is 1. The Bertz CT molecular complexity index is 1220. The Morgan fingerprint density at radius 3 is 2.73 bits per heavy atom. The Hall–Kier alpha value is -2.89. The molecule has 0 radical (unpaired) electrons. The van der Waals surface area contributed by atoms with Gasteiger partial charge in [-0.25, -0.2) is 0 Å². The van der Waals surface area contributed by atoms with Crippen molar-refractivity contribution in [2.45, 2.75) is 51.8 Å². The number of hydrogen-bond donors (Lipinski definition) is 1. The summed E-state index contributed by atoms with van der Waals surface area (Å²) < 4.78 is 7.42. The van der Waals surface area contributed by atoms with E-state index in [9.17, 15) is 9.59 Å². The monoisotopic (exact) mass is 464 g/mol. The highest BCUT2D eigenvalue weighted by Gasteiger charge is 2.26. The average molecular weight is 465 g/mol. The van der Waals surface area contributed by atoms with E-state index in [0.717, 1.165) is 36.1 Å². The van der Waals surface area contributed by atoms with Gasteiger partial charge in [0.25, 0.3) is 5.91 Å². The van der Waals surface area contributed by atoms with Gasteiger partial charge in [0.1, 0.15) is 5.56 Å². The number of aryl methyl sites for hydroxylation is 3. The molecule has 1 aliphatic rings. The van der Waals surface area contributed by atoms with E-state index in [1.807, 2.05) is 47.9 Å². The Kier molecular flexibility index (Phi) is 7.31. The summed E-state index contributed by atoms with van der Waals surface area (Å²) in [6.45, 7) is 2.64. The summed E-state index contributed by atoms with van der Waals surface area (Å²) in [5.41, 5.74) is 4.67. The number of nitrogens with one attached hydrogen (secondary N) is 1. The van der Waals surface area contributed by atoms with Crippen LogP contribution in [0.4, 0.5) is 0 Å². The largest absolute Gasteiger partial charge is 0.378 e. The lowest BCUT2D eigenvalue weighted by atomic mass is 9.87. The van der Waals surface area contributed by atoms with Crippen LogP contribution in [-0.2, 0) is 30.7 Å². The number of methoxy groups -OCH3 is 1. The van der Waals surface area contributed by atoms with Crippen molar-refractivity contribution in [1.82, 2.24) is 9.88 Å². The molecule has 1 amide bonds. The number of rotatable bonds is 7. The second-order valence-corrected chi connectivity index (χ2v) is 8.92. The Morgan fingerprint density at radius 2 is 1.94 bits per heavy atom. The van der Waals surface area contributed by atoms with E-state index >= 15 is 0 Å². The molecule has 1 atom stereocenters. The molecule has 33 heavy (non-hydrogen) atoms. The molecule has 5 nitrogen and oxygen atoms in total. The molecule has 1 N–H and O–H groups in total. The number of aromatic nitrogens is 1. The van der Waals surface area contributed by atoms with E-state index in [2.05, 4.69) is 17.4 Å². The minimum absolute atomic E-state index is 0.102. The van der Waals surface area contributed by atoms with Crippen LogP contribution in [0, 0.1) is 6.92 Å². The number of benzene rings is 2. The van der Waals surface area contributed by atoms with Crippen LogP contribution < -0.4 is 10.7 Å². The minimum Gasteiger partial charge on any atom is -0.378 e. The predicted molar refractivity (Wildman–Crippen MR) is 131 cm³/mol. The second kappa shape index (κ2) is 10.4. The first-order valence-corrected chi connectivity index (χ1v) is 11.7. The maximum absolute atomic E-state index is 13.4. The molecule has 4 rings (SSSR count). The molecule has 0 bridgehead atoms.